The lowest BCUT2D eigenvalue weighted by molar-refractivity contribution is -0.136. The molecule has 0 saturated carbocycles. The van der Waals surface area contributed by atoms with Gasteiger partial charge in [0.15, 0.2) is 0 Å². The van der Waals surface area contributed by atoms with E-state index < -0.39 is 35.6 Å². The zero-order chi connectivity index (χ0) is 25.6. The highest BCUT2D eigenvalue weighted by Gasteiger charge is 2.45. The number of nitrogens with zero attached hydrogens (tertiary/aromatic N) is 5. The van der Waals surface area contributed by atoms with Gasteiger partial charge in [-0.15, -0.1) is 5.10 Å². The molecule has 0 radical (unpaired) electrons. The molecule has 13 heteroatoms. The van der Waals surface area contributed by atoms with Crippen molar-refractivity contribution in [3.05, 3.63) is 53.3 Å². The molecule has 2 aliphatic heterocycles. The molecule has 1 unspecified atom stereocenters. The van der Waals surface area contributed by atoms with Crippen molar-refractivity contribution in [2.75, 3.05) is 11.1 Å². The maximum atomic E-state index is 13.2. The number of anilines is 2. The lowest BCUT2D eigenvalue weighted by atomic mass is 10.0. The zero-order valence-electron chi connectivity index (χ0n) is 19.0. The van der Waals surface area contributed by atoms with Gasteiger partial charge in [0.2, 0.25) is 17.7 Å². The van der Waals surface area contributed by atoms with Crippen molar-refractivity contribution < 1.29 is 24.0 Å². The van der Waals surface area contributed by atoms with Crippen molar-refractivity contribution in [3.63, 3.8) is 0 Å². The van der Waals surface area contributed by atoms with Gasteiger partial charge in [0.1, 0.15) is 24.1 Å². The molecule has 0 aliphatic carbocycles. The van der Waals surface area contributed by atoms with Crippen molar-refractivity contribution >= 4 is 41.0 Å². The molecular formula is C23H20N8O5. The number of hydrogen-bond donors (Lipinski definition) is 3. The smallest absolute Gasteiger partial charge is 0.264 e. The highest BCUT2D eigenvalue weighted by atomic mass is 16.2. The number of imide groups is 2. The summed E-state index contributed by atoms with van der Waals surface area (Å²) >= 11 is 0. The van der Waals surface area contributed by atoms with Crippen molar-refractivity contribution in [2.24, 2.45) is 0 Å². The lowest BCUT2D eigenvalue weighted by Gasteiger charge is -2.27. The fraction of sp³-hybridized carbons (Fsp3) is 0.217. The third kappa shape index (κ3) is 3.96. The molecule has 182 valence electrons. The second-order valence-electron chi connectivity index (χ2n) is 8.45. The summed E-state index contributed by atoms with van der Waals surface area (Å²) in [5.41, 5.74) is 7.90. The third-order valence-corrected chi connectivity index (χ3v) is 6.00. The summed E-state index contributed by atoms with van der Waals surface area (Å²) in [7, 11) is 0. The Bertz CT molecular complexity index is 1460. The maximum absolute atomic E-state index is 13.2. The average Bonchev–Trinajstić information content (AvgIpc) is 3.39. The molecule has 36 heavy (non-hydrogen) atoms. The quantitative estimate of drug-likeness (QED) is 0.424. The van der Waals surface area contributed by atoms with Crippen molar-refractivity contribution in [3.8, 4) is 11.3 Å². The summed E-state index contributed by atoms with van der Waals surface area (Å²) in [4.78, 5) is 67.5. The summed E-state index contributed by atoms with van der Waals surface area (Å²) in [5, 5.41) is 12.8. The van der Waals surface area contributed by atoms with E-state index in [0.29, 0.717) is 17.1 Å². The second-order valence-corrected chi connectivity index (χ2v) is 8.45. The van der Waals surface area contributed by atoms with Crippen molar-refractivity contribution in [2.45, 2.75) is 32.4 Å². The Morgan fingerprint density at radius 3 is 2.78 bits per heavy atom. The van der Waals surface area contributed by atoms with Gasteiger partial charge in [0.25, 0.3) is 11.8 Å². The van der Waals surface area contributed by atoms with E-state index in [9.17, 15) is 24.0 Å². The van der Waals surface area contributed by atoms with Crippen LogP contribution in [-0.4, -0.2) is 60.5 Å². The number of nitrogens with two attached hydrogens (primary N) is 1. The first kappa shape index (κ1) is 22.8. The number of amides is 5. The minimum absolute atomic E-state index is 0.0109. The molecule has 4 heterocycles. The van der Waals surface area contributed by atoms with Gasteiger partial charge >= 0.3 is 0 Å². The van der Waals surface area contributed by atoms with Crippen LogP contribution in [0.15, 0.2) is 36.7 Å². The summed E-state index contributed by atoms with van der Waals surface area (Å²) < 4.78 is 1.32. The molecule has 5 amide bonds. The topological polar surface area (TPSA) is 182 Å². The first-order valence-electron chi connectivity index (χ1n) is 11.0. The standard InChI is InChI=1S/C23H20N8O5/c1-11-7-12(8-25-20(11)24)15-9-30(29-28-15)10-18(33)26-14-4-2-3-13-19(14)23(36)31(22(13)35)16-5-6-17(32)27-21(16)34/h2-4,7-9,16H,5-6,10H2,1H3,(H2,24,25)(H,26,33)(H,27,32,34). The highest BCUT2D eigenvalue weighted by Crippen LogP contribution is 2.32. The summed E-state index contributed by atoms with van der Waals surface area (Å²) in [6.45, 7) is 1.60. The number of hydrogen-bond acceptors (Lipinski definition) is 9. The van der Waals surface area contributed by atoms with E-state index in [0.717, 1.165) is 10.5 Å². The average molecular weight is 488 g/mol. The number of aromatic nitrogens is 4. The van der Waals surface area contributed by atoms with Crippen LogP contribution in [0.4, 0.5) is 11.5 Å². The normalized spacial score (nSPS) is 17.2. The van der Waals surface area contributed by atoms with Crippen LogP contribution in [0.2, 0.25) is 0 Å². The Hall–Kier alpha value is -4.94. The van der Waals surface area contributed by atoms with Gasteiger partial charge in [-0.2, -0.15) is 0 Å². The summed E-state index contributed by atoms with van der Waals surface area (Å²) in [6, 6.07) is 5.17. The fourth-order valence-corrected chi connectivity index (χ4v) is 4.19. The van der Waals surface area contributed by atoms with E-state index in [2.05, 4.69) is 25.9 Å². The number of nitrogen functional groups attached to an aromatic ring is 1. The molecule has 1 saturated heterocycles. The third-order valence-electron chi connectivity index (χ3n) is 6.00. The van der Waals surface area contributed by atoms with Gasteiger partial charge in [-0.1, -0.05) is 11.3 Å². The number of piperidine rings is 1. The van der Waals surface area contributed by atoms with Crippen LogP contribution in [0.3, 0.4) is 0 Å². The van der Waals surface area contributed by atoms with E-state index >= 15 is 0 Å². The van der Waals surface area contributed by atoms with E-state index in [1.807, 2.05) is 6.92 Å². The van der Waals surface area contributed by atoms with Gasteiger partial charge in [-0.25, -0.2) is 9.67 Å². The van der Waals surface area contributed by atoms with Crippen LogP contribution < -0.4 is 16.4 Å². The van der Waals surface area contributed by atoms with Crippen LogP contribution in [0.5, 0.6) is 0 Å². The van der Waals surface area contributed by atoms with Gasteiger partial charge in [0.05, 0.1) is 23.0 Å². The predicted molar refractivity (Wildman–Crippen MR) is 124 cm³/mol. The monoisotopic (exact) mass is 488 g/mol. The number of nitrogens with one attached hydrogen (secondary N) is 2. The molecular weight excluding hydrogens is 468 g/mol. The zero-order valence-corrected chi connectivity index (χ0v) is 19.0. The summed E-state index contributed by atoms with van der Waals surface area (Å²) in [6.07, 6.45) is 3.18. The number of aryl methyl sites for hydroxylation is 1. The number of rotatable bonds is 5. The Kier molecular flexibility index (Phi) is 5.51. The van der Waals surface area contributed by atoms with E-state index in [4.69, 9.17) is 5.73 Å². The number of benzene rings is 1. The Labute approximate surface area is 203 Å². The molecule has 1 aromatic carbocycles. The Balaban J connectivity index is 1.33. The second kappa shape index (κ2) is 8.69. The van der Waals surface area contributed by atoms with Gasteiger partial charge in [-0.05, 0) is 37.1 Å². The number of carbonyl (C=O) groups is 5. The molecule has 2 aromatic heterocycles. The highest BCUT2D eigenvalue weighted by molar-refractivity contribution is 6.26. The Morgan fingerprint density at radius 2 is 2.03 bits per heavy atom. The first-order valence-corrected chi connectivity index (χ1v) is 11.0. The molecule has 1 fully saturated rings. The first-order chi connectivity index (χ1) is 17.2. The SMILES string of the molecule is Cc1cc(-c2cn(CC(=O)Nc3cccc4c3C(=O)N(C3CCC(=O)NC3=O)C4=O)nn2)cnc1N. The predicted octanol–water partition coefficient (Wildman–Crippen LogP) is 0.271. The number of pyridine rings is 1. The van der Waals surface area contributed by atoms with Gasteiger partial charge < -0.3 is 11.1 Å². The molecule has 1 atom stereocenters. The molecule has 3 aromatic rings. The van der Waals surface area contributed by atoms with E-state index in [-0.39, 0.29) is 36.2 Å². The fourth-order valence-electron chi connectivity index (χ4n) is 4.19. The minimum Gasteiger partial charge on any atom is -0.383 e. The van der Waals surface area contributed by atoms with E-state index in [1.165, 1.54) is 22.9 Å². The largest absolute Gasteiger partial charge is 0.383 e. The van der Waals surface area contributed by atoms with Crippen LogP contribution in [0, 0.1) is 6.92 Å². The molecule has 0 spiro atoms. The van der Waals surface area contributed by atoms with E-state index in [1.54, 1.807) is 18.5 Å². The molecule has 0 bridgehead atoms. The molecule has 4 N–H and O–H groups in total. The van der Waals surface area contributed by atoms with Crippen LogP contribution in [0.25, 0.3) is 11.3 Å². The molecule has 2 aliphatic rings. The summed E-state index contributed by atoms with van der Waals surface area (Å²) in [5.74, 6) is -2.64. The minimum atomic E-state index is -1.10. The van der Waals surface area contributed by atoms with Crippen LogP contribution in [0.1, 0.15) is 39.1 Å². The van der Waals surface area contributed by atoms with Crippen molar-refractivity contribution in [1.29, 1.82) is 0 Å². The Morgan fingerprint density at radius 1 is 1.22 bits per heavy atom. The lowest BCUT2D eigenvalue weighted by Crippen LogP contribution is -2.54. The van der Waals surface area contributed by atoms with Crippen LogP contribution in [-0.2, 0) is 20.9 Å². The van der Waals surface area contributed by atoms with Gasteiger partial charge in [-0.3, -0.25) is 34.2 Å². The molecule has 5 rings (SSSR count). The van der Waals surface area contributed by atoms with Crippen LogP contribution >= 0.6 is 0 Å². The van der Waals surface area contributed by atoms with Crippen molar-refractivity contribution in [1.82, 2.24) is 30.2 Å². The number of fused-ring (bicyclic) bond motifs is 1. The molecule has 13 nitrogen and oxygen atoms in total. The van der Waals surface area contributed by atoms with Gasteiger partial charge in [0, 0.05) is 18.2 Å². The number of carbonyl (C=O) groups excluding carboxylic acids is 5. The maximum Gasteiger partial charge on any atom is 0.264 e.